The number of carbonyl (C=O) groups excluding carboxylic acids is 1. The van der Waals surface area contributed by atoms with Crippen molar-refractivity contribution in [1.29, 1.82) is 0 Å². The van der Waals surface area contributed by atoms with Crippen LogP contribution in [0, 0.1) is 6.92 Å². The number of aryl methyl sites for hydroxylation is 1. The van der Waals surface area contributed by atoms with Gasteiger partial charge in [0.25, 0.3) is 0 Å². The second-order valence-corrected chi connectivity index (χ2v) is 6.54. The Morgan fingerprint density at radius 2 is 2.07 bits per heavy atom. The number of hydrogen-bond acceptors (Lipinski definition) is 4. The molecular formula is C20H22ClN3O3. The Morgan fingerprint density at radius 3 is 2.85 bits per heavy atom. The number of carbonyl (C=O) groups is 1. The Labute approximate surface area is 163 Å². The van der Waals surface area contributed by atoms with Gasteiger partial charge in [0.2, 0.25) is 5.91 Å². The average Bonchev–Trinajstić information content (AvgIpc) is 3.01. The standard InChI is InChI=1S/C20H22ClN3O3/c1-14-11-15(7-8-16(14)21)27-10-9-24-18-6-4-3-5-17(18)23-19(24)12-22-20(25)13-26-2/h3-8,11H,9-10,12-13H2,1-2H3,(H,22,25). The predicted octanol–water partition coefficient (Wildman–Crippen LogP) is 3.34. The van der Waals surface area contributed by atoms with Crippen LogP contribution in [0.25, 0.3) is 11.0 Å². The van der Waals surface area contributed by atoms with Crippen molar-refractivity contribution in [3.05, 3.63) is 58.9 Å². The van der Waals surface area contributed by atoms with Gasteiger partial charge in [-0.2, -0.15) is 0 Å². The summed E-state index contributed by atoms with van der Waals surface area (Å²) < 4.78 is 12.8. The third kappa shape index (κ3) is 4.78. The molecule has 0 fully saturated rings. The van der Waals surface area contributed by atoms with E-state index in [9.17, 15) is 4.79 Å². The average molecular weight is 388 g/mol. The van der Waals surface area contributed by atoms with Crippen LogP contribution in [0.5, 0.6) is 5.75 Å². The molecule has 0 spiro atoms. The molecule has 0 saturated heterocycles. The summed E-state index contributed by atoms with van der Waals surface area (Å²) in [6.45, 7) is 3.38. The number of aromatic nitrogens is 2. The van der Waals surface area contributed by atoms with Gasteiger partial charge in [0.15, 0.2) is 0 Å². The molecule has 1 amide bonds. The number of ether oxygens (including phenoxy) is 2. The highest BCUT2D eigenvalue weighted by Crippen LogP contribution is 2.21. The second kappa shape index (κ2) is 8.88. The highest BCUT2D eigenvalue weighted by molar-refractivity contribution is 6.31. The van der Waals surface area contributed by atoms with Crippen LogP contribution in [0.3, 0.4) is 0 Å². The molecule has 0 unspecified atom stereocenters. The van der Waals surface area contributed by atoms with Crippen molar-refractivity contribution in [3.63, 3.8) is 0 Å². The molecule has 1 heterocycles. The molecule has 6 nitrogen and oxygen atoms in total. The zero-order chi connectivity index (χ0) is 19.2. The number of halogens is 1. The van der Waals surface area contributed by atoms with Crippen molar-refractivity contribution in [2.45, 2.75) is 20.0 Å². The van der Waals surface area contributed by atoms with E-state index < -0.39 is 0 Å². The van der Waals surface area contributed by atoms with Gasteiger partial charge in [-0.05, 0) is 42.8 Å². The minimum atomic E-state index is -0.177. The van der Waals surface area contributed by atoms with Crippen molar-refractivity contribution < 1.29 is 14.3 Å². The topological polar surface area (TPSA) is 65.4 Å². The third-order valence-electron chi connectivity index (χ3n) is 4.17. The van der Waals surface area contributed by atoms with Gasteiger partial charge in [-0.25, -0.2) is 4.98 Å². The van der Waals surface area contributed by atoms with Gasteiger partial charge in [-0.1, -0.05) is 23.7 Å². The minimum absolute atomic E-state index is 0.0270. The summed E-state index contributed by atoms with van der Waals surface area (Å²) in [6, 6.07) is 13.5. The van der Waals surface area contributed by atoms with E-state index in [-0.39, 0.29) is 12.5 Å². The molecule has 27 heavy (non-hydrogen) atoms. The molecule has 0 aliphatic heterocycles. The van der Waals surface area contributed by atoms with Gasteiger partial charge in [0.1, 0.15) is 24.8 Å². The van der Waals surface area contributed by atoms with Crippen LogP contribution >= 0.6 is 11.6 Å². The van der Waals surface area contributed by atoms with Crippen molar-refractivity contribution in [2.75, 3.05) is 20.3 Å². The molecule has 0 radical (unpaired) electrons. The van der Waals surface area contributed by atoms with E-state index >= 15 is 0 Å². The zero-order valence-electron chi connectivity index (χ0n) is 15.4. The van der Waals surface area contributed by atoms with Crippen molar-refractivity contribution in [1.82, 2.24) is 14.9 Å². The SMILES string of the molecule is COCC(=O)NCc1nc2ccccc2n1CCOc1ccc(Cl)c(C)c1. The second-order valence-electron chi connectivity index (χ2n) is 6.14. The molecule has 2 aromatic carbocycles. The third-order valence-corrected chi connectivity index (χ3v) is 4.59. The van der Waals surface area contributed by atoms with Gasteiger partial charge < -0.3 is 19.4 Å². The summed E-state index contributed by atoms with van der Waals surface area (Å²) in [4.78, 5) is 16.3. The van der Waals surface area contributed by atoms with Crippen LogP contribution < -0.4 is 10.1 Å². The fraction of sp³-hybridized carbons (Fsp3) is 0.300. The molecule has 7 heteroatoms. The summed E-state index contributed by atoms with van der Waals surface area (Å²) in [6.07, 6.45) is 0. The first-order valence-electron chi connectivity index (χ1n) is 8.67. The summed E-state index contributed by atoms with van der Waals surface area (Å²) in [7, 11) is 1.49. The summed E-state index contributed by atoms with van der Waals surface area (Å²) in [5.41, 5.74) is 2.86. The quantitative estimate of drug-likeness (QED) is 0.643. The molecular weight excluding hydrogens is 366 g/mol. The number of amides is 1. The van der Waals surface area contributed by atoms with Gasteiger partial charge in [-0.3, -0.25) is 4.79 Å². The van der Waals surface area contributed by atoms with E-state index in [1.165, 1.54) is 7.11 Å². The normalized spacial score (nSPS) is 10.9. The maximum absolute atomic E-state index is 11.7. The van der Waals surface area contributed by atoms with Crippen molar-refractivity contribution in [2.24, 2.45) is 0 Å². The number of fused-ring (bicyclic) bond motifs is 1. The lowest BCUT2D eigenvalue weighted by atomic mass is 10.2. The van der Waals surface area contributed by atoms with E-state index in [1.807, 2.05) is 49.4 Å². The minimum Gasteiger partial charge on any atom is -0.492 e. The first-order chi connectivity index (χ1) is 13.1. The van der Waals surface area contributed by atoms with Crippen LogP contribution in [0.4, 0.5) is 0 Å². The Balaban J connectivity index is 1.72. The Hall–Kier alpha value is -2.57. The Kier molecular flexibility index (Phi) is 6.32. The fourth-order valence-corrected chi connectivity index (χ4v) is 2.95. The van der Waals surface area contributed by atoms with E-state index in [1.54, 1.807) is 0 Å². The first-order valence-corrected chi connectivity index (χ1v) is 9.05. The summed E-state index contributed by atoms with van der Waals surface area (Å²) in [5.74, 6) is 1.37. The molecule has 0 bridgehead atoms. The molecule has 0 aliphatic rings. The number of hydrogen-bond donors (Lipinski definition) is 1. The Morgan fingerprint density at radius 1 is 1.26 bits per heavy atom. The fourth-order valence-electron chi connectivity index (χ4n) is 2.83. The van der Waals surface area contributed by atoms with Crippen molar-refractivity contribution >= 4 is 28.5 Å². The number of nitrogens with zero attached hydrogens (tertiary/aromatic N) is 2. The Bertz CT molecular complexity index is 939. The lowest BCUT2D eigenvalue weighted by Gasteiger charge is -2.12. The number of para-hydroxylation sites is 2. The molecule has 0 atom stereocenters. The molecule has 0 saturated carbocycles. The maximum Gasteiger partial charge on any atom is 0.246 e. The van der Waals surface area contributed by atoms with Crippen molar-refractivity contribution in [3.8, 4) is 5.75 Å². The molecule has 1 aromatic heterocycles. The number of benzene rings is 2. The van der Waals surface area contributed by atoms with E-state index in [0.29, 0.717) is 19.7 Å². The number of methoxy groups -OCH3 is 1. The molecule has 3 aromatic rings. The lowest BCUT2D eigenvalue weighted by molar-refractivity contribution is -0.124. The van der Waals surface area contributed by atoms with Gasteiger partial charge in [-0.15, -0.1) is 0 Å². The van der Waals surface area contributed by atoms with Crippen LogP contribution in [0.15, 0.2) is 42.5 Å². The van der Waals surface area contributed by atoms with Crippen LogP contribution in [-0.2, 0) is 22.6 Å². The molecule has 3 rings (SSSR count). The smallest absolute Gasteiger partial charge is 0.246 e. The number of rotatable bonds is 8. The van der Waals surface area contributed by atoms with E-state index in [0.717, 1.165) is 33.2 Å². The van der Waals surface area contributed by atoms with Gasteiger partial charge in [0.05, 0.1) is 24.1 Å². The van der Waals surface area contributed by atoms with Crippen LogP contribution in [-0.4, -0.2) is 35.8 Å². The van der Waals surface area contributed by atoms with Gasteiger partial charge in [0, 0.05) is 12.1 Å². The largest absolute Gasteiger partial charge is 0.492 e. The zero-order valence-corrected chi connectivity index (χ0v) is 16.1. The van der Waals surface area contributed by atoms with Crippen LogP contribution in [0.1, 0.15) is 11.4 Å². The number of nitrogens with one attached hydrogen (secondary N) is 1. The predicted molar refractivity (Wildman–Crippen MR) is 105 cm³/mol. The highest BCUT2D eigenvalue weighted by Gasteiger charge is 2.12. The summed E-state index contributed by atoms with van der Waals surface area (Å²) >= 11 is 6.05. The van der Waals surface area contributed by atoms with E-state index in [4.69, 9.17) is 21.1 Å². The molecule has 0 aliphatic carbocycles. The summed E-state index contributed by atoms with van der Waals surface area (Å²) in [5, 5.41) is 3.54. The van der Waals surface area contributed by atoms with Crippen LogP contribution in [0.2, 0.25) is 5.02 Å². The first kappa shape index (κ1) is 19.2. The van der Waals surface area contributed by atoms with Gasteiger partial charge >= 0.3 is 0 Å². The molecule has 1 N–H and O–H groups in total. The van der Waals surface area contributed by atoms with E-state index in [2.05, 4.69) is 14.9 Å². The lowest BCUT2D eigenvalue weighted by Crippen LogP contribution is -2.28. The number of imidazole rings is 1. The molecule has 142 valence electrons. The monoisotopic (exact) mass is 387 g/mol. The highest BCUT2D eigenvalue weighted by atomic mass is 35.5. The maximum atomic E-state index is 11.7.